The van der Waals surface area contributed by atoms with Crippen LogP contribution < -0.4 is 14.8 Å². The molecule has 0 amide bonds. The second kappa shape index (κ2) is 14.1. The SMILES string of the molecule is COc1cc(CN(Cc2ccc(C)o2)C2CC(C)(C)NC(C)(C)C2)cc(OC)c1O.O=C(O)CC(O)(CC(=O)O)C(=O)O. The summed E-state index contributed by atoms with van der Waals surface area (Å²) in [5.41, 5.74) is -1.64. The minimum atomic E-state index is -2.74. The number of phenols is 1. The highest BCUT2D eigenvalue weighted by Gasteiger charge is 2.41. The van der Waals surface area contributed by atoms with Gasteiger partial charge in [-0.3, -0.25) is 14.5 Å². The molecule has 0 bridgehead atoms. The summed E-state index contributed by atoms with van der Waals surface area (Å²) in [6.07, 6.45) is -0.228. The molecule has 1 aliphatic rings. The third kappa shape index (κ3) is 10.4. The Hall–Kier alpha value is -3.81. The number of rotatable bonds is 12. The summed E-state index contributed by atoms with van der Waals surface area (Å²) in [4.78, 5) is 33.0. The molecule has 1 aromatic carbocycles. The number of furan rings is 1. The number of phenolic OH excluding ortho intramolecular Hbond substituents is 1. The van der Waals surface area contributed by atoms with Crippen molar-refractivity contribution < 1.29 is 53.8 Å². The molecule has 0 saturated carbocycles. The fraction of sp³-hybridized carbons (Fsp3) is 0.567. The van der Waals surface area contributed by atoms with Crippen molar-refractivity contribution in [2.75, 3.05) is 14.2 Å². The van der Waals surface area contributed by atoms with Gasteiger partial charge in [0.25, 0.3) is 0 Å². The lowest BCUT2D eigenvalue weighted by atomic mass is 9.79. The van der Waals surface area contributed by atoms with Gasteiger partial charge >= 0.3 is 17.9 Å². The van der Waals surface area contributed by atoms with Gasteiger partial charge in [-0.25, -0.2) is 4.79 Å². The van der Waals surface area contributed by atoms with Crippen LogP contribution in [0.4, 0.5) is 0 Å². The molecule has 1 aliphatic heterocycles. The van der Waals surface area contributed by atoms with Gasteiger partial charge in [-0.15, -0.1) is 0 Å². The van der Waals surface area contributed by atoms with E-state index in [-0.39, 0.29) is 16.8 Å². The van der Waals surface area contributed by atoms with Crippen molar-refractivity contribution >= 4 is 17.9 Å². The highest BCUT2D eigenvalue weighted by atomic mass is 16.5. The molecule has 0 atom stereocenters. The normalized spacial score (nSPS) is 16.2. The minimum Gasteiger partial charge on any atom is -0.502 e. The summed E-state index contributed by atoms with van der Waals surface area (Å²) >= 11 is 0. The Kier molecular flexibility index (Phi) is 11.6. The highest BCUT2D eigenvalue weighted by Crippen LogP contribution is 2.39. The third-order valence-corrected chi connectivity index (χ3v) is 7.05. The monoisotopic (exact) mass is 608 g/mol. The second-order valence-corrected chi connectivity index (χ2v) is 12.2. The Balaban J connectivity index is 0.000000420. The minimum absolute atomic E-state index is 0.0288. The fourth-order valence-corrected chi connectivity index (χ4v) is 5.60. The van der Waals surface area contributed by atoms with Crippen molar-refractivity contribution in [1.29, 1.82) is 0 Å². The summed E-state index contributed by atoms with van der Waals surface area (Å²) in [5, 5.41) is 47.9. The zero-order chi connectivity index (χ0) is 32.8. The first-order chi connectivity index (χ1) is 19.8. The number of methoxy groups -OCH3 is 2. The Bertz CT molecular complexity index is 1230. The first kappa shape index (κ1) is 35.4. The molecule has 1 saturated heterocycles. The first-order valence-electron chi connectivity index (χ1n) is 13.7. The number of aryl methyl sites for hydroxylation is 1. The number of hydrogen-bond donors (Lipinski definition) is 6. The number of piperidine rings is 1. The van der Waals surface area contributed by atoms with Crippen LogP contribution in [0.25, 0.3) is 0 Å². The Morgan fingerprint density at radius 1 is 0.953 bits per heavy atom. The van der Waals surface area contributed by atoms with E-state index in [4.69, 9.17) is 34.3 Å². The number of ether oxygens (including phenoxy) is 2. The molecule has 240 valence electrons. The smallest absolute Gasteiger partial charge is 0.336 e. The van der Waals surface area contributed by atoms with Crippen molar-refractivity contribution in [3.63, 3.8) is 0 Å². The molecule has 43 heavy (non-hydrogen) atoms. The van der Waals surface area contributed by atoms with Gasteiger partial charge in [0.15, 0.2) is 17.1 Å². The topological polar surface area (TPSA) is 199 Å². The average Bonchev–Trinajstić information content (AvgIpc) is 3.26. The summed E-state index contributed by atoms with van der Waals surface area (Å²) in [6.45, 7) is 12.5. The molecule has 0 radical (unpaired) electrons. The quantitative estimate of drug-likeness (QED) is 0.205. The Labute approximate surface area is 251 Å². The second-order valence-electron chi connectivity index (χ2n) is 12.2. The number of carbonyl (C=O) groups is 3. The number of benzene rings is 1. The number of hydrogen-bond acceptors (Lipinski definition) is 10. The predicted molar refractivity (Wildman–Crippen MR) is 155 cm³/mol. The highest BCUT2D eigenvalue weighted by molar-refractivity contribution is 5.88. The molecule has 13 nitrogen and oxygen atoms in total. The maximum atomic E-state index is 10.3. The lowest BCUT2D eigenvalue weighted by Crippen LogP contribution is -2.62. The Morgan fingerprint density at radius 3 is 1.81 bits per heavy atom. The Morgan fingerprint density at radius 2 is 1.44 bits per heavy atom. The predicted octanol–water partition coefficient (Wildman–Crippen LogP) is 3.37. The zero-order valence-corrected chi connectivity index (χ0v) is 25.8. The van der Waals surface area contributed by atoms with Crippen LogP contribution in [-0.2, 0) is 27.5 Å². The number of carboxylic acids is 3. The van der Waals surface area contributed by atoms with E-state index >= 15 is 0 Å². The number of aliphatic hydroxyl groups is 1. The van der Waals surface area contributed by atoms with E-state index in [2.05, 4.69) is 44.0 Å². The van der Waals surface area contributed by atoms with Crippen LogP contribution in [0.3, 0.4) is 0 Å². The molecule has 0 spiro atoms. The number of nitrogens with zero attached hydrogens (tertiary/aromatic N) is 1. The van der Waals surface area contributed by atoms with E-state index in [0.29, 0.717) is 24.1 Å². The zero-order valence-electron chi connectivity index (χ0n) is 25.8. The van der Waals surface area contributed by atoms with Crippen molar-refractivity contribution in [3.8, 4) is 17.2 Å². The van der Waals surface area contributed by atoms with Crippen LogP contribution in [0.1, 0.15) is 70.5 Å². The maximum Gasteiger partial charge on any atom is 0.336 e. The maximum absolute atomic E-state index is 10.3. The summed E-state index contributed by atoms with van der Waals surface area (Å²) in [7, 11) is 3.11. The average molecular weight is 609 g/mol. The number of carboxylic acid groups (broad SMARTS) is 3. The fourth-order valence-electron chi connectivity index (χ4n) is 5.60. The van der Waals surface area contributed by atoms with Gasteiger partial charge in [0.05, 0.1) is 33.6 Å². The van der Waals surface area contributed by atoms with Crippen LogP contribution in [0.2, 0.25) is 0 Å². The molecule has 0 aliphatic carbocycles. The lowest BCUT2D eigenvalue weighted by Gasteiger charge is -2.49. The molecular formula is C30H44N2O11. The van der Waals surface area contributed by atoms with Gasteiger partial charge in [-0.05, 0) is 77.3 Å². The van der Waals surface area contributed by atoms with Gasteiger partial charge in [0.2, 0.25) is 5.75 Å². The third-order valence-electron chi connectivity index (χ3n) is 7.05. The van der Waals surface area contributed by atoms with Crippen LogP contribution in [0.15, 0.2) is 28.7 Å². The molecule has 1 fully saturated rings. The van der Waals surface area contributed by atoms with Gasteiger partial charge in [-0.1, -0.05) is 0 Å². The van der Waals surface area contributed by atoms with E-state index in [0.717, 1.165) is 36.5 Å². The number of aromatic hydroxyl groups is 1. The van der Waals surface area contributed by atoms with Crippen LogP contribution >= 0.6 is 0 Å². The molecule has 1 aromatic heterocycles. The summed E-state index contributed by atoms with van der Waals surface area (Å²) in [6, 6.07) is 8.20. The largest absolute Gasteiger partial charge is 0.502 e. The molecule has 2 heterocycles. The van der Waals surface area contributed by atoms with Crippen molar-refractivity contribution in [3.05, 3.63) is 41.3 Å². The molecule has 13 heteroatoms. The van der Waals surface area contributed by atoms with E-state index in [1.165, 1.54) is 0 Å². The van der Waals surface area contributed by atoms with Gasteiger partial charge in [0, 0.05) is 23.7 Å². The van der Waals surface area contributed by atoms with Crippen molar-refractivity contribution in [2.24, 2.45) is 0 Å². The molecule has 0 unspecified atom stereocenters. The standard InChI is InChI=1S/C24H36N2O4.C6H8O7/c1-16-8-9-19(30-16)15-26(18-12-23(2,3)25-24(4,5)13-18)14-17-10-20(28-6)22(27)21(11-17)29-7;7-3(8)1-6(13,5(11)12)2-4(9)10/h8-11,18,25,27H,12-15H2,1-7H3;13H,1-2H2,(H,7,8)(H,9,10)(H,11,12). The van der Waals surface area contributed by atoms with E-state index in [1.807, 2.05) is 25.1 Å². The molecule has 2 aromatic rings. The number of aliphatic carboxylic acids is 3. The summed E-state index contributed by atoms with van der Waals surface area (Å²) < 4.78 is 16.6. The first-order valence-corrected chi connectivity index (χ1v) is 13.7. The van der Waals surface area contributed by atoms with Gasteiger partial charge < -0.3 is 44.7 Å². The molecule has 6 N–H and O–H groups in total. The van der Waals surface area contributed by atoms with Crippen LogP contribution in [0.5, 0.6) is 17.2 Å². The van der Waals surface area contributed by atoms with Gasteiger partial charge in [0.1, 0.15) is 11.5 Å². The molecular weight excluding hydrogens is 564 g/mol. The van der Waals surface area contributed by atoms with E-state index in [1.54, 1.807) is 14.2 Å². The van der Waals surface area contributed by atoms with E-state index in [9.17, 15) is 19.5 Å². The van der Waals surface area contributed by atoms with Crippen molar-refractivity contribution in [2.45, 2.75) is 96.1 Å². The van der Waals surface area contributed by atoms with Crippen LogP contribution in [0, 0.1) is 6.92 Å². The van der Waals surface area contributed by atoms with Crippen LogP contribution in [-0.4, -0.2) is 85.3 Å². The van der Waals surface area contributed by atoms with E-state index < -0.39 is 36.4 Å². The van der Waals surface area contributed by atoms with Gasteiger partial charge in [-0.2, -0.15) is 0 Å². The summed E-state index contributed by atoms with van der Waals surface area (Å²) in [5.74, 6) is -2.27. The lowest BCUT2D eigenvalue weighted by molar-refractivity contribution is -0.170. The number of nitrogens with one attached hydrogen (secondary N) is 1. The van der Waals surface area contributed by atoms with Crippen molar-refractivity contribution in [1.82, 2.24) is 10.2 Å². The molecule has 3 rings (SSSR count).